The first-order chi connectivity index (χ1) is 9.81. The topological polar surface area (TPSA) is 122 Å². The van der Waals surface area contributed by atoms with E-state index in [0.717, 1.165) is 12.1 Å². The fraction of sp³-hybridized carbons (Fsp3) is 0.385. The molecular formula is C13H17N3O5. The Morgan fingerprint density at radius 1 is 1.38 bits per heavy atom. The maximum atomic E-state index is 11.5. The lowest BCUT2D eigenvalue weighted by molar-refractivity contribution is -0.385. The van der Waals surface area contributed by atoms with Gasteiger partial charge >= 0.3 is 5.97 Å². The molecule has 114 valence electrons. The number of nitro benzene ring substituents is 1. The third-order valence-corrected chi connectivity index (χ3v) is 2.58. The fourth-order valence-corrected chi connectivity index (χ4v) is 1.54. The van der Waals surface area contributed by atoms with Crippen molar-refractivity contribution in [3.8, 4) is 0 Å². The summed E-state index contributed by atoms with van der Waals surface area (Å²) in [4.78, 5) is 32.4. The number of carbonyl (C=O) groups is 2. The maximum absolute atomic E-state index is 11.5. The van der Waals surface area contributed by atoms with Crippen LogP contribution in [0.25, 0.3) is 0 Å². The van der Waals surface area contributed by atoms with Gasteiger partial charge in [-0.25, -0.2) is 4.79 Å². The Kier molecular flexibility index (Phi) is 5.65. The average Bonchev–Trinajstić information content (AvgIpc) is 2.42. The molecule has 21 heavy (non-hydrogen) atoms. The molecule has 3 N–H and O–H groups in total. The maximum Gasteiger partial charge on any atom is 0.342 e. The molecule has 0 aliphatic rings. The summed E-state index contributed by atoms with van der Waals surface area (Å²) in [6.45, 7) is 4.43. The molecule has 0 atom stereocenters. The van der Waals surface area contributed by atoms with Crippen LogP contribution < -0.4 is 10.6 Å². The summed E-state index contributed by atoms with van der Waals surface area (Å²) in [6.07, 6.45) is 0. The molecule has 0 unspecified atom stereocenters. The molecule has 0 aliphatic carbocycles. The van der Waals surface area contributed by atoms with Gasteiger partial charge in [-0.05, 0) is 18.1 Å². The molecule has 0 aliphatic heterocycles. The summed E-state index contributed by atoms with van der Waals surface area (Å²) in [7, 11) is 0. The van der Waals surface area contributed by atoms with Gasteiger partial charge in [-0.3, -0.25) is 14.9 Å². The van der Waals surface area contributed by atoms with Gasteiger partial charge in [-0.2, -0.15) is 0 Å². The molecule has 1 amide bonds. The Balaban J connectivity index is 2.72. The first-order valence-electron chi connectivity index (χ1n) is 6.33. The summed E-state index contributed by atoms with van der Waals surface area (Å²) >= 11 is 0. The quantitative estimate of drug-likeness (QED) is 0.517. The molecule has 0 aromatic heterocycles. The van der Waals surface area contributed by atoms with Crippen molar-refractivity contribution < 1.29 is 19.6 Å². The molecule has 1 aromatic rings. The van der Waals surface area contributed by atoms with Gasteiger partial charge < -0.3 is 15.7 Å². The van der Waals surface area contributed by atoms with E-state index >= 15 is 0 Å². The van der Waals surface area contributed by atoms with Crippen LogP contribution in [-0.2, 0) is 4.79 Å². The number of aromatic carboxylic acids is 1. The van der Waals surface area contributed by atoms with Crippen LogP contribution >= 0.6 is 0 Å². The van der Waals surface area contributed by atoms with E-state index in [2.05, 4.69) is 10.6 Å². The fourth-order valence-electron chi connectivity index (χ4n) is 1.54. The molecule has 8 heteroatoms. The minimum atomic E-state index is -1.39. The van der Waals surface area contributed by atoms with Crippen molar-refractivity contribution in [3.63, 3.8) is 0 Å². The highest BCUT2D eigenvalue weighted by atomic mass is 16.6. The number of benzene rings is 1. The van der Waals surface area contributed by atoms with Gasteiger partial charge in [0, 0.05) is 18.3 Å². The number of hydrogen-bond acceptors (Lipinski definition) is 5. The lowest BCUT2D eigenvalue weighted by Crippen LogP contribution is -2.32. The van der Waals surface area contributed by atoms with Crippen molar-refractivity contribution in [1.82, 2.24) is 5.32 Å². The number of hydrogen-bond donors (Lipinski definition) is 3. The predicted molar refractivity (Wildman–Crippen MR) is 76.4 cm³/mol. The van der Waals surface area contributed by atoms with Crippen LogP contribution in [0.1, 0.15) is 24.2 Å². The van der Waals surface area contributed by atoms with E-state index in [1.54, 1.807) is 0 Å². The number of carboxylic acids is 1. The second kappa shape index (κ2) is 7.22. The van der Waals surface area contributed by atoms with Crippen LogP contribution in [0.15, 0.2) is 18.2 Å². The van der Waals surface area contributed by atoms with Crippen LogP contribution in [0.2, 0.25) is 0 Å². The highest BCUT2D eigenvalue weighted by Gasteiger charge is 2.20. The molecule has 0 radical (unpaired) electrons. The first kappa shape index (κ1) is 16.4. The van der Waals surface area contributed by atoms with Gasteiger partial charge in [0.15, 0.2) is 0 Å². The van der Waals surface area contributed by atoms with Gasteiger partial charge in [0.25, 0.3) is 5.69 Å². The third kappa shape index (κ3) is 5.09. The molecule has 8 nitrogen and oxygen atoms in total. The standard InChI is InChI=1S/C13H17N3O5/c1-8(2)6-15-12(17)7-14-9-3-4-11(16(20)21)10(5-9)13(18)19/h3-5,8,14H,6-7H2,1-2H3,(H,15,17)(H,18,19). The highest BCUT2D eigenvalue weighted by Crippen LogP contribution is 2.22. The van der Waals surface area contributed by atoms with E-state index in [0.29, 0.717) is 18.2 Å². The number of nitro groups is 1. The van der Waals surface area contributed by atoms with Gasteiger partial charge in [0.2, 0.25) is 5.91 Å². The number of anilines is 1. The van der Waals surface area contributed by atoms with Crippen LogP contribution in [0, 0.1) is 16.0 Å². The number of carboxylic acid groups (broad SMARTS) is 1. The monoisotopic (exact) mass is 295 g/mol. The van der Waals surface area contributed by atoms with E-state index in [4.69, 9.17) is 5.11 Å². The number of nitrogens with zero attached hydrogens (tertiary/aromatic N) is 1. The molecule has 0 saturated heterocycles. The Bertz CT molecular complexity index is 557. The largest absolute Gasteiger partial charge is 0.477 e. The molecule has 0 fully saturated rings. The van der Waals surface area contributed by atoms with E-state index in [9.17, 15) is 19.7 Å². The molecule has 0 bridgehead atoms. The molecular weight excluding hydrogens is 278 g/mol. The van der Waals surface area contributed by atoms with E-state index in [-0.39, 0.29) is 12.5 Å². The van der Waals surface area contributed by atoms with E-state index in [1.165, 1.54) is 6.07 Å². The number of carbonyl (C=O) groups excluding carboxylic acids is 1. The zero-order valence-corrected chi connectivity index (χ0v) is 11.8. The molecule has 0 saturated carbocycles. The normalized spacial score (nSPS) is 10.2. The zero-order chi connectivity index (χ0) is 16.0. The van der Waals surface area contributed by atoms with Crippen molar-refractivity contribution in [2.75, 3.05) is 18.4 Å². The van der Waals surface area contributed by atoms with Crippen molar-refractivity contribution in [3.05, 3.63) is 33.9 Å². The highest BCUT2D eigenvalue weighted by molar-refractivity contribution is 5.93. The Hall–Kier alpha value is -2.64. The Morgan fingerprint density at radius 3 is 2.57 bits per heavy atom. The van der Waals surface area contributed by atoms with Crippen LogP contribution in [0.5, 0.6) is 0 Å². The summed E-state index contributed by atoms with van der Waals surface area (Å²) in [5.74, 6) is -1.31. The lowest BCUT2D eigenvalue weighted by Gasteiger charge is -2.10. The Labute approximate surface area is 121 Å². The third-order valence-electron chi connectivity index (χ3n) is 2.58. The zero-order valence-electron chi connectivity index (χ0n) is 11.8. The van der Waals surface area contributed by atoms with Gasteiger partial charge in [0.1, 0.15) is 5.56 Å². The number of nitrogens with one attached hydrogen (secondary N) is 2. The SMILES string of the molecule is CC(C)CNC(=O)CNc1ccc([N+](=O)[O-])c(C(=O)O)c1. The second-order valence-corrected chi connectivity index (χ2v) is 4.85. The van der Waals surface area contributed by atoms with Crippen molar-refractivity contribution >= 4 is 23.3 Å². The Morgan fingerprint density at radius 2 is 2.05 bits per heavy atom. The molecule has 0 heterocycles. The summed E-state index contributed by atoms with van der Waals surface area (Å²) < 4.78 is 0. The van der Waals surface area contributed by atoms with Crippen molar-refractivity contribution in [2.45, 2.75) is 13.8 Å². The molecule has 1 rings (SSSR count). The lowest BCUT2D eigenvalue weighted by atomic mass is 10.1. The summed E-state index contributed by atoms with van der Waals surface area (Å²) in [6, 6.07) is 3.59. The average molecular weight is 295 g/mol. The van der Waals surface area contributed by atoms with Crippen molar-refractivity contribution in [2.24, 2.45) is 5.92 Å². The van der Waals surface area contributed by atoms with Crippen molar-refractivity contribution in [1.29, 1.82) is 0 Å². The van der Waals surface area contributed by atoms with Gasteiger partial charge in [0.05, 0.1) is 11.5 Å². The van der Waals surface area contributed by atoms with Crippen LogP contribution in [0.3, 0.4) is 0 Å². The molecule has 0 spiro atoms. The number of amides is 1. The number of rotatable bonds is 7. The minimum absolute atomic E-state index is 0.0381. The van der Waals surface area contributed by atoms with Crippen LogP contribution in [0.4, 0.5) is 11.4 Å². The molecule has 1 aromatic carbocycles. The summed E-state index contributed by atoms with van der Waals surface area (Å²) in [5, 5.41) is 25.1. The minimum Gasteiger partial charge on any atom is -0.477 e. The van der Waals surface area contributed by atoms with Gasteiger partial charge in [-0.15, -0.1) is 0 Å². The van der Waals surface area contributed by atoms with E-state index < -0.39 is 22.1 Å². The van der Waals surface area contributed by atoms with E-state index in [1.807, 2.05) is 13.8 Å². The van der Waals surface area contributed by atoms with Gasteiger partial charge in [-0.1, -0.05) is 13.8 Å². The smallest absolute Gasteiger partial charge is 0.342 e. The second-order valence-electron chi connectivity index (χ2n) is 4.85. The first-order valence-corrected chi connectivity index (χ1v) is 6.33. The predicted octanol–water partition coefficient (Wildman–Crippen LogP) is 1.48. The summed E-state index contributed by atoms with van der Waals surface area (Å²) in [5.41, 5.74) is -0.581. The van der Waals surface area contributed by atoms with Crippen LogP contribution in [-0.4, -0.2) is 35.0 Å².